The molecule has 90 valence electrons. The summed E-state index contributed by atoms with van der Waals surface area (Å²) in [4.78, 5) is 26.7. The van der Waals surface area contributed by atoms with Crippen molar-refractivity contribution in [2.24, 2.45) is 0 Å². The van der Waals surface area contributed by atoms with Crippen LogP contribution in [0, 0.1) is 0 Å². The Kier molecular flexibility index (Phi) is 7.33. The van der Waals surface area contributed by atoms with Gasteiger partial charge in [-0.3, -0.25) is 4.52 Å². The largest absolute Gasteiger partial charge is 0.469 e. The van der Waals surface area contributed by atoms with E-state index < -0.39 is 13.9 Å². The normalized spacial score (nSPS) is 11.3. The van der Waals surface area contributed by atoms with Crippen molar-refractivity contribution in [2.45, 2.75) is 25.7 Å². The van der Waals surface area contributed by atoms with E-state index in [0.717, 1.165) is 12.8 Å². The fraction of sp³-hybridized carbons (Fsp3) is 0.857. The summed E-state index contributed by atoms with van der Waals surface area (Å²) in [6.07, 6.45) is 1.77. The molecule has 0 aromatic heterocycles. The number of carboxylic acid groups (broad SMARTS) is 1. The summed E-state index contributed by atoms with van der Waals surface area (Å²) >= 11 is 0. The fourth-order valence-corrected chi connectivity index (χ4v) is 1.33. The highest BCUT2D eigenvalue weighted by atomic mass is 31.2. The first-order valence-electron chi connectivity index (χ1n) is 4.59. The fourth-order valence-electron chi connectivity index (χ4n) is 0.959. The van der Waals surface area contributed by atoms with Crippen LogP contribution in [0.3, 0.4) is 0 Å². The van der Waals surface area contributed by atoms with E-state index >= 15 is 0 Å². The summed E-state index contributed by atoms with van der Waals surface area (Å²) < 4.78 is 14.5. The van der Waals surface area contributed by atoms with Crippen molar-refractivity contribution in [1.29, 1.82) is 0 Å². The minimum absolute atomic E-state index is 0.0244. The van der Waals surface area contributed by atoms with Crippen molar-refractivity contribution < 1.29 is 28.8 Å². The number of hydrogen-bond donors (Lipinski definition) is 4. The van der Waals surface area contributed by atoms with Crippen molar-refractivity contribution in [3.8, 4) is 0 Å². The molecule has 15 heavy (non-hydrogen) atoms. The van der Waals surface area contributed by atoms with Crippen LogP contribution in [-0.2, 0) is 9.09 Å². The van der Waals surface area contributed by atoms with Crippen LogP contribution in [0.5, 0.6) is 0 Å². The summed E-state index contributed by atoms with van der Waals surface area (Å²) in [5, 5.41) is 10.4. The third-order valence-corrected chi connectivity index (χ3v) is 2.13. The average molecular weight is 241 g/mol. The van der Waals surface area contributed by atoms with Gasteiger partial charge in [-0.2, -0.15) is 0 Å². The molecule has 0 aliphatic heterocycles. The third-order valence-electron chi connectivity index (χ3n) is 1.61. The van der Waals surface area contributed by atoms with Crippen molar-refractivity contribution in [3.05, 3.63) is 0 Å². The van der Waals surface area contributed by atoms with E-state index in [9.17, 15) is 9.36 Å². The molecule has 0 bridgehead atoms. The highest BCUT2D eigenvalue weighted by Crippen LogP contribution is 2.35. The Balaban J connectivity index is 3.12. The minimum Gasteiger partial charge on any atom is -0.465 e. The van der Waals surface area contributed by atoms with Crippen LogP contribution >= 0.6 is 7.82 Å². The predicted molar refractivity (Wildman–Crippen MR) is 52.5 cm³/mol. The Morgan fingerprint density at radius 3 is 2.33 bits per heavy atom. The SMILES string of the molecule is O=C(O)NCCCCCCOP(=O)(O)O. The molecule has 0 aromatic carbocycles. The lowest BCUT2D eigenvalue weighted by Crippen LogP contribution is -2.21. The van der Waals surface area contributed by atoms with Crippen LogP contribution in [0.1, 0.15) is 25.7 Å². The lowest BCUT2D eigenvalue weighted by Gasteiger charge is -2.04. The first-order chi connectivity index (χ1) is 6.92. The van der Waals surface area contributed by atoms with Crippen LogP contribution in [0.25, 0.3) is 0 Å². The topological polar surface area (TPSA) is 116 Å². The first kappa shape index (κ1) is 14.4. The van der Waals surface area contributed by atoms with Gasteiger partial charge in [0.05, 0.1) is 6.61 Å². The van der Waals surface area contributed by atoms with E-state index in [1.54, 1.807) is 0 Å². The van der Waals surface area contributed by atoms with E-state index in [1.807, 2.05) is 0 Å². The monoisotopic (exact) mass is 241 g/mol. The molecule has 0 saturated carbocycles. The highest BCUT2D eigenvalue weighted by Gasteiger charge is 2.12. The number of rotatable bonds is 8. The smallest absolute Gasteiger partial charge is 0.465 e. The van der Waals surface area contributed by atoms with Gasteiger partial charge in [-0.05, 0) is 12.8 Å². The molecule has 0 fully saturated rings. The summed E-state index contributed by atoms with van der Waals surface area (Å²) in [7, 11) is -4.33. The second-order valence-electron chi connectivity index (χ2n) is 2.97. The number of hydrogen-bond acceptors (Lipinski definition) is 3. The molecule has 4 N–H and O–H groups in total. The van der Waals surface area contributed by atoms with E-state index in [1.165, 1.54) is 0 Å². The number of phosphoric acid groups is 1. The molecular formula is C7H16NO6P. The van der Waals surface area contributed by atoms with E-state index in [-0.39, 0.29) is 6.61 Å². The van der Waals surface area contributed by atoms with Crippen LogP contribution in [0.4, 0.5) is 4.79 Å². The molecule has 0 aliphatic rings. The van der Waals surface area contributed by atoms with E-state index in [2.05, 4.69) is 9.84 Å². The second-order valence-corrected chi connectivity index (χ2v) is 4.21. The van der Waals surface area contributed by atoms with Gasteiger partial charge in [0.25, 0.3) is 0 Å². The number of amides is 1. The van der Waals surface area contributed by atoms with Gasteiger partial charge in [0.1, 0.15) is 0 Å². The van der Waals surface area contributed by atoms with Gasteiger partial charge in [-0.25, -0.2) is 9.36 Å². The molecule has 0 aromatic rings. The molecule has 0 radical (unpaired) electrons. The molecule has 0 heterocycles. The minimum atomic E-state index is -4.33. The number of carbonyl (C=O) groups is 1. The Labute approximate surface area is 87.7 Å². The Hall–Kier alpha value is -0.620. The van der Waals surface area contributed by atoms with Gasteiger partial charge in [-0.15, -0.1) is 0 Å². The molecular weight excluding hydrogens is 225 g/mol. The van der Waals surface area contributed by atoms with Crippen LogP contribution in [-0.4, -0.2) is 34.1 Å². The lowest BCUT2D eigenvalue weighted by molar-refractivity contribution is 0.190. The Morgan fingerprint density at radius 2 is 1.80 bits per heavy atom. The molecule has 0 atom stereocenters. The van der Waals surface area contributed by atoms with Gasteiger partial charge in [0.15, 0.2) is 0 Å². The summed E-state index contributed by atoms with van der Waals surface area (Å²) in [6.45, 7) is 0.422. The molecule has 0 spiro atoms. The van der Waals surface area contributed by atoms with Crippen LogP contribution in [0.2, 0.25) is 0 Å². The summed E-state index contributed by atoms with van der Waals surface area (Å²) in [6, 6.07) is 0. The zero-order valence-corrected chi connectivity index (χ0v) is 9.15. The first-order valence-corrected chi connectivity index (χ1v) is 6.12. The second kappa shape index (κ2) is 7.64. The molecule has 0 rings (SSSR count). The summed E-state index contributed by atoms with van der Waals surface area (Å²) in [5.41, 5.74) is 0. The van der Waals surface area contributed by atoms with Crippen molar-refractivity contribution in [3.63, 3.8) is 0 Å². The molecule has 0 unspecified atom stereocenters. The van der Waals surface area contributed by atoms with Crippen LogP contribution in [0.15, 0.2) is 0 Å². The van der Waals surface area contributed by atoms with Gasteiger partial charge < -0.3 is 20.2 Å². The lowest BCUT2D eigenvalue weighted by atomic mass is 10.2. The quantitative estimate of drug-likeness (QED) is 0.371. The molecule has 0 aliphatic carbocycles. The third kappa shape index (κ3) is 13.4. The van der Waals surface area contributed by atoms with E-state index in [0.29, 0.717) is 19.4 Å². The molecule has 1 amide bonds. The maximum atomic E-state index is 10.2. The van der Waals surface area contributed by atoms with Gasteiger partial charge in [0, 0.05) is 6.54 Å². The number of phosphoric ester groups is 1. The Bertz CT molecular complexity index is 228. The highest BCUT2D eigenvalue weighted by molar-refractivity contribution is 7.46. The number of nitrogens with one attached hydrogen (secondary N) is 1. The van der Waals surface area contributed by atoms with Gasteiger partial charge in [0.2, 0.25) is 0 Å². The van der Waals surface area contributed by atoms with Crippen molar-refractivity contribution in [1.82, 2.24) is 5.32 Å². The van der Waals surface area contributed by atoms with Gasteiger partial charge in [-0.1, -0.05) is 12.8 Å². The molecule has 7 nitrogen and oxygen atoms in total. The summed E-state index contributed by atoms with van der Waals surface area (Å²) in [5.74, 6) is 0. The van der Waals surface area contributed by atoms with Gasteiger partial charge >= 0.3 is 13.9 Å². The van der Waals surface area contributed by atoms with E-state index in [4.69, 9.17) is 14.9 Å². The number of unbranched alkanes of at least 4 members (excludes halogenated alkanes) is 3. The maximum absolute atomic E-state index is 10.2. The predicted octanol–water partition coefficient (Wildman–Crippen LogP) is 0.924. The Morgan fingerprint density at radius 1 is 1.20 bits per heavy atom. The molecule has 8 heteroatoms. The maximum Gasteiger partial charge on any atom is 0.469 e. The average Bonchev–Trinajstić information content (AvgIpc) is 2.07. The van der Waals surface area contributed by atoms with Crippen molar-refractivity contribution in [2.75, 3.05) is 13.2 Å². The zero-order valence-electron chi connectivity index (χ0n) is 8.26. The standard InChI is InChI=1S/C7H16NO6P/c9-7(10)8-5-3-1-2-4-6-14-15(11,12)13/h8H,1-6H2,(H,9,10)(H2,11,12,13). The molecule has 0 saturated heterocycles. The van der Waals surface area contributed by atoms with Crippen molar-refractivity contribution >= 4 is 13.9 Å². The zero-order chi connectivity index (χ0) is 11.7. The van der Waals surface area contributed by atoms with Crippen LogP contribution < -0.4 is 5.32 Å².